The van der Waals surface area contributed by atoms with Crippen LogP contribution >= 0.6 is 0 Å². The van der Waals surface area contributed by atoms with E-state index in [1.807, 2.05) is 0 Å². The number of carboxylic acids is 1. The summed E-state index contributed by atoms with van der Waals surface area (Å²) in [5, 5.41) is 17.4. The van der Waals surface area contributed by atoms with Gasteiger partial charge in [-0.05, 0) is 6.42 Å². The molecular weight excluding hydrogens is 355 g/mol. The summed E-state index contributed by atoms with van der Waals surface area (Å²) < 4.78 is 61.5. The summed E-state index contributed by atoms with van der Waals surface area (Å²) in [5.41, 5.74) is -2.41. The standard InChI is InChI=1S/C12H16F3N3O5S/c1-2-3-4-24(22,23)6-8(11(20)21)17-10(19)7-5-16-18-9(7)12(13,14)15/h5,8H,2-4,6H2,1H3,(H,16,18)(H,17,19)(H,20,21)/p-1/t8-/m1/s1. The maximum atomic E-state index is 12.7. The van der Waals surface area contributed by atoms with Gasteiger partial charge in [0.25, 0.3) is 5.91 Å². The Labute approximate surface area is 135 Å². The van der Waals surface area contributed by atoms with Crippen molar-refractivity contribution in [3.8, 4) is 0 Å². The highest BCUT2D eigenvalue weighted by Gasteiger charge is 2.38. The van der Waals surface area contributed by atoms with Crippen molar-refractivity contribution in [2.24, 2.45) is 0 Å². The Morgan fingerprint density at radius 3 is 2.54 bits per heavy atom. The van der Waals surface area contributed by atoms with Crippen LogP contribution in [-0.2, 0) is 20.8 Å². The van der Waals surface area contributed by atoms with E-state index in [1.165, 1.54) is 0 Å². The average molecular weight is 370 g/mol. The van der Waals surface area contributed by atoms with Crippen LogP contribution in [0.1, 0.15) is 35.8 Å². The van der Waals surface area contributed by atoms with Gasteiger partial charge >= 0.3 is 6.18 Å². The molecule has 0 saturated heterocycles. The van der Waals surface area contributed by atoms with Crippen molar-refractivity contribution in [1.29, 1.82) is 0 Å². The van der Waals surface area contributed by atoms with Crippen LogP contribution < -0.4 is 10.4 Å². The highest BCUT2D eigenvalue weighted by molar-refractivity contribution is 7.91. The third-order valence-electron chi connectivity index (χ3n) is 2.99. The zero-order chi connectivity index (χ0) is 18.5. The predicted molar refractivity (Wildman–Crippen MR) is 73.4 cm³/mol. The first kappa shape index (κ1) is 19.9. The molecule has 0 aliphatic rings. The molecule has 1 heterocycles. The number of aliphatic carboxylic acids is 1. The molecule has 0 fully saturated rings. The molecule has 24 heavy (non-hydrogen) atoms. The van der Waals surface area contributed by atoms with Crippen LogP contribution in [0.4, 0.5) is 13.2 Å². The molecule has 136 valence electrons. The van der Waals surface area contributed by atoms with Crippen molar-refractivity contribution < 1.29 is 36.3 Å². The molecule has 0 aliphatic heterocycles. The van der Waals surface area contributed by atoms with Crippen molar-refractivity contribution in [2.45, 2.75) is 32.0 Å². The number of nitrogens with zero attached hydrogens (tertiary/aromatic N) is 1. The first-order valence-corrected chi connectivity index (χ1v) is 8.62. The van der Waals surface area contributed by atoms with Gasteiger partial charge in [-0.1, -0.05) is 13.3 Å². The lowest BCUT2D eigenvalue weighted by Gasteiger charge is -2.20. The summed E-state index contributed by atoms with van der Waals surface area (Å²) in [6.45, 7) is 1.73. The molecule has 1 amide bonds. The number of nitrogens with one attached hydrogen (secondary N) is 2. The minimum Gasteiger partial charge on any atom is -0.548 e. The maximum absolute atomic E-state index is 12.7. The number of rotatable bonds is 8. The van der Waals surface area contributed by atoms with Crippen LogP contribution in [0.15, 0.2) is 6.20 Å². The number of halogens is 3. The number of H-pyrrole nitrogens is 1. The number of amides is 1. The fraction of sp³-hybridized carbons (Fsp3) is 0.583. The summed E-state index contributed by atoms with van der Waals surface area (Å²) >= 11 is 0. The Morgan fingerprint density at radius 1 is 1.42 bits per heavy atom. The van der Waals surface area contributed by atoms with Gasteiger partial charge in [0.05, 0.1) is 35.3 Å². The molecule has 0 saturated carbocycles. The highest BCUT2D eigenvalue weighted by atomic mass is 32.2. The zero-order valence-electron chi connectivity index (χ0n) is 12.5. The number of aromatic nitrogens is 2. The third-order valence-corrected chi connectivity index (χ3v) is 4.74. The molecule has 2 N–H and O–H groups in total. The normalized spacial score (nSPS) is 13.5. The molecule has 0 unspecified atom stereocenters. The fourth-order valence-corrected chi connectivity index (χ4v) is 3.40. The lowest BCUT2D eigenvalue weighted by molar-refractivity contribution is -0.307. The SMILES string of the molecule is CCCCS(=O)(=O)C[C@@H](NC(=O)c1cn[nH]c1C(F)(F)F)C(=O)[O-]. The number of hydrogen-bond donors (Lipinski definition) is 2. The Balaban J connectivity index is 2.92. The Kier molecular flexibility index (Phi) is 6.35. The molecule has 12 heteroatoms. The van der Waals surface area contributed by atoms with Gasteiger partial charge in [-0.25, -0.2) is 8.42 Å². The number of hydrogen-bond acceptors (Lipinski definition) is 6. The molecule has 8 nitrogen and oxygen atoms in total. The lowest BCUT2D eigenvalue weighted by atomic mass is 10.2. The third kappa shape index (κ3) is 5.51. The molecule has 1 rings (SSSR count). The highest BCUT2D eigenvalue weighted by Crippen LogP contribution is 2.29. The Morgan fingerprint density at radius 2 is 2.04 bits per heavy atom. The van der Waals surface area contributed by atoms with Crippen molar-refractivity contribution in [3.05, 3.63) is 17.5 Å². The van der Waals surface area contributed by atoms with Crippen LogP contribution in [0.25, 0.3) is 0 Å². The summed E-state index contributed by atoms with van der Waals surface area (Å²) in [6.07, 6.45) is -3.51. The van der Waals surface area contributed by atoms with Gasteiger partial charge < -0.3 is 15.2 Å². The minimum atomic E-state index is -4.91. The van der Waals surface area contributed by atoms with E-state index in [0.29, 0.717) is 12.6 Å². The van der Waals surface area contributed by atoms with Gasteiger partial charge in [0.2, 0.25) is 0 Å². The van der Waals surface area contributed by atoms with Crippen molar-refractivity contribution in [1.82, 2.24) is 15.5 Å². The lowest BCUT2D eigenvalue weighted by Crippen LogP contribution is -2.51. The predicted octanol–water partition coefficient (Wildman–Crippen LogP) is -0.508. The molecular formula is C12H15F3N3O5S-. The Hall–Kier alpha value is -2.11. The van der Waals surface area contributed by atoms with Gasteiger partial charge in [-0.15, -0.1) is 0 Å². The van der Waals surface area contributed by atoms with E-state index in [-0.39, 0.29) is 12.2 Å². The molecule has 1 aromatic rings. The van der Waals surface area contributed by atoms with E-state index in [1.54, 1.807) is 17.3 Å². The van der Waals surface area contributed by atoms with Gasteiger partial charge in [-0.3, -0.25) is 9.89 Å². The van der Waals surface area contributed by atoms with Crippen LogP contribution in [0, 0.1) is 0 Å². The number of carbonyl (C=O) groups excluding carboxylic acids is 2. The monoisotopic (exact) mass is 370 g/mol. The largest absolute Gasteiger partial charge is 0.548 e. The molecule has 0 aromatic carbocycles. The van der Waals surface area contributed by atoms with Crippen LogP contribution in [0.5, 0.6) is 0 Å². The topological polar surface area (TPSA) is 132 Å². The average Bonchev–Trinajstić information content (AvgIpc) is 2.93. The number of unbranched alkanes of at least 4 members (excludes halogenated alkanes) is 1. The number of carboxylic acid groups (broad SMARTS) is 1. The fourth-order valence-electron chi connectivity index (χ4n) is 1.78. The van der Waals surface area contributed by atoms with Crippen molar-refractivity contribution >= 4 is 21.7 Å². The molecule has 0 spiro atoms. The smallest absolute Gasteiger partial charge is 0.433 e. The van der Waals surface area contributed by atoms with Crippen molar-refractivity contribution in [2.75, 3.05) is 11.5 Å². The summed E-state index contributed by atoms with van der Waals surface area (Å²) in [4.78, 5) is 22.8. The summed E-state index contributed by atoms with van der Waals surface area (Å²) in [5.74, 6) is -4.61. The first-order chi connectivity index (χ1) is 11.0. The van der Waals surface area contributed by atoms with E-state index >= 15 is 0 Å². The van der Waals surface area contributed by atoms with E-state index in [4.69, 9.17) is 0 Å². The van der Waals surface area contributed by atoms with Gasteiger partial charge in [0.15, 0.2) is 15.5 Å². The first-order valence-electron chi connectivity index (χ1n) is 6.80. The van der Waals surface area contributed by atoms with Crippen LogP contribution in [0.3, 0.4) is 0 Å². The van der Waals surface area contributed by atoms with Gasteiger partial charge in [0.1, 0.15) is 0 Å². The van der Waals surface area contributed by atoms with E-state index in [2.05, 4.69) is 5.10 Å². The second-order valence-electron chi connectivity index (χ2n) is 4.97. The number of alkyl halides is 3. The molecule has 0 bridgehead atoms. The zero-order valence-corrected chi connectivity index (χ0v) is 13.3. The number of carbonyl (C=O) groups is 2. The van der Waals surface area contributed by atoms with Crippen LogP contribution in [0.2, 0.25) is 0 Å². The van der Waals surface area contributed by atoms with Crippen LogP contribution in [-0.4, -0.2) is 48.0 Å². The van der Waals surface area contributed by atoms with E-state index in [0.717, 1.165) is 0 Å². The van der Waals surface area contributed by atoms with Gasteiger partial charge in [0, 0.05) is 0 Å². The Bertz CT molecular complexity index is 699. The number of aromatic amines is 1. The second-order valence-corrected chi connectivity index (χ2v) is 7.20. The van der Waals surface area contributed by atoms with Gasteiger partial charge in [-0.2, -0.15) is 18.3 Å². The summed E-state index contributed by atoms with van der Waals surface area (Å²) in [7, 11) is -3.82. The van der Waals surface area contributed by atoms with E-state index < -0.39 is 50.9 Å². The minimum absolute atomic E-state index is 0.288. The number of sulfone groups is 1. The molecule has 1 atom stereocenters. The molecule has 1 aromatic heterocycles. The summed E-state index contributed by atoms with van der Waals surface area (Å²) in [6, 6.07) is -1.98. The molecule has 0 radical (unpaired) electrons. The van der Waals surface area contributed by atoms with E-state index in [9.17, 15) is 36.3 Å². The molecule has 0 aliphatic carbocycles. The second kappa shape index (κ2) is 7.64. The maximum Gasteiger partial charge on any atom is 0.433 e. The quantitative estimate of drug-likeness (QED) is 0.634. The van der Waals surface area contributed by atoms with Crippen molar-refractivity contribution in [3.63, 3.8) is 0 Å².